The van der Waals surface area contributed by atoms with Gasteiger partial charge in [-0.25, -0.2) is 9.97 Å². The maximum Gasteiger partial charge on any atom is 0.237 e. The number of hydrogen-bond acceptors (Lipinski definition) is 5. The van der Waals surface area contributed by atoms with Crippen LogP contribution in [-0.4, -0.2) is 9.97 Å². The van der Waals surface area contributed by atoms with E-state index in [0.717, 1.165) is 4.47 Å². The molecule has 1 aromatic heterocycles. The summed E-state index contributed by atoms with van der Waals surface area (Å²) in [5, 5.41) is 17.6. The summed E-state index contributed by atoms with van der Waals surface area (Å²) in [4.78, 5) is 7.74. The van der Waals surface area contributed by atoms with Crippen LogP contribution in [0.5, 0.6) is 11.6 Å². The Hall–Kier alpha value is -2.44. The maximum absolute atomic E-state index is 8.97. The Morgan fingerprint density at radius 3 is 2.56 bits per heavy atom. The predicted molar refractivity (Wildman–Crippen MR) is 65.7 cm³/mol. The molecule has 0 fully saturated rings. The second kappa shape index (κ2) is 5.26. The molecule has 18 heavy (non-hydrogen) atoms. The smallest absolute Gasteiger partial charge is 0.237 e. The molecule has 1 aromatic carbocycles. The second-order valence-corrected chi connectivity index (χ2v) is 4.12. The zero-order valence-electron chi connectivity index (χ0n) is 8.96. The zero-order chi connectivity index (χ0) is 13.0. The molecule has 0 aliphatic carbocycles. The topological polar surface area (TPSA) is 82.6 Å². The van der Waals surface area contributed by atoms with Crippen LogP contribution in [0.25, 0.3) is 0 Å². The van der Waals surface area contributed by atoms with Crippen molar-refractivity contribution in [2.75, 3.05) is 0 Å². The molecule has 2 aromatic rings. The van der Waals surface area contributed by atoms with Crippen LogP contribution in [0.2, 0.25) is 0 Å². The third-order valence-corrected chi connectivity index (χ3v) is 2.51. The number of benzene rings is 1. The lowest BCUT2D eigenvalue weighted by molar-refractivity contribution is 0.458. The average Bonchev–Trinajstić information content (AvgIpc) is 2.41. The van der Waals surface area contributed by atoms with Crippen LogP contribution in [-0.2, 0) is 0 Å². The summed E-state index contributed by atoms with van der Waals surface area (Å²) in [7, 11) is 0. The first kappa shape index (κ1) is 12.0. The fourth-order valence-electron chi connectivity index (χ4n) is 1.22. The van der Waals surface area contributed by atoms with Gasteiger partial charge in [0.1, 0.15) is 17.9 Å². The summed E-state index contributed by atoms with van der Waals surface area (Å²) in [6.45, 7) is 0. The normalized spacial score (nSPS) is 9.28. The van der Waals surface area contributed by atoms with Crippen LogP contribution < -0.4 is 4.74 Å². The van der Waals surface area contributed by atoms with E-state index in [4.69, 9.17) is 15.3 Å². The molecular formula is C12H5BrN4O. The number of rotatable bonds is 2. The van der Waals surface area contributed by atoms with Gasteiger partial charge in [0.25, 0.3) is 0 Å². The van der Waals surface area contributed by atoms with Crippen molar-refractivity contribution in [1.82, 2.24) is 9.97 Å². The van der Waals surface area contributed by atoms with E-state index >= 15 is 0 Å². The van der Waals surface area contributed by atoms with E-state index in [9.17, 15) is 0 Å². The van der Waals surface area contributed by atoms with Gasteiger partial charge in [0, 0.05) is 4.47 Å². The molecule has 0 saturated heterocycles. The Balaban J connectivity index is 2.29. The average molecular weight is 301 g/mol. The Morgan fingerprint density at radius 2 is 1.94 bits per heavy atom. The molecule has 0 aliphatic rings. The molecule has 1 heterocycles. The van der Waals surface area contributed by atoms with Crippen LogP contribution in [0.15, 0.2) is 35.1 Å². The van der Waals surface area contributed by atoms with Crippen molar-refractivity contribution in [2.24, 2.45) is 0 Å². The van der Waals surface area contributed by atoms with Gasteiger partial charge in [-0.15, -0.1) is 0 Å². The molecule has 5 nitrogen and oxygen atoms in total. The molecule has 0 atom stereocenters. The molecule has 6 heteroatoms. The van der Waals surface area contributed by atoms with E-state index in [2.05, 4.69) is 25.9 Å². The Morgan fingerprint density at radius 1 is 1.11 bits per heavy atom. The number of nitriles is 2. The van der Waals surface area contributed by atoms with Gasteiger partial charge in [-0.05, 0) is 18.2 Å². The molecule has 0 saturated carbocycles. The van der Waals surface area contributed by atoms with Crippen molar-refractivity contribution in [3.8, 4) is 23.8 Å². The summed E-state index contributed by atoms with van der Waals surface area (Å²) in [5.41, 5.74) is 0.592. The van der Waals surface area contributed by atoms with Gasteiger partial charge >= 0.3 is 0 Å². The van der Waals surface area contributed by atoms with Crippen molar-refractivity contribution >= 4 is 15.9 Å². The first-order chi connectivity index (χ1) is 8.72. The van der Waals surface area contributed by atoms with Gasteiger partial charge in [0.05, 0.1) is 18.0 Å². The van der Waals surface area contributed by atoms with Gasteiger partial charge in [0.2, 0.25) is 5.88 Å². The third kappa shape index (κ3) is 2.62. The van der Waals surface area contributed by atoms with E-state index in [1.165, 1.54) is 12.4 Å². The van der Waals surface area contributed by atoms with Crippen molar-refractivity contribution in [3.63, 3.8) is 0 Å². The van der Waals surface area contributed by atoms with Gasteiger partial charge in [0.15, 0.2) is 5.69 Å². The summed E-state index contributed by atoms with van der Waals surface area (Å²) >= 11 is 3.27. The molecule has 0 radical (unpaired) electrons. The quantitative estimate of drug-likeness (QED) is 0.851. The van der Waals surface area contributed by atoms with E-state index in [-0.39, 0.29) is 11.6 Å². The Labute approximate surface area is 111 Å². The fourth-order valence-corrected chi connectivity index (χ4v) is 1.58. The minimum absolute atomic E-state index is 0.207. The first-order valence-electron chi connectivity index (χ1n) is 4.82. The number of ether oxygens (including phenoxy) is 1. The lowest BCUT2D eigenvalue weighted by Crippen LogP contribution is -1.93. The number of nitrogens with zero attached hydrogens (tertiary/aromatic N) is 4. The van der Waals surface area contributed by atoms with E-state index in [1.54, 1.807) is 18.2 Å². The third-order valence-electron chi connectivity index (χ3n) is 2.02. The predicted octanol–water partition coefficient (Wildman–Crippen LogP) is 2.77. The van der Waals surface area contributed by atoms with Crippen LogP contribution in [0.4, 0.5) is 0 Å². The number of aromatic nitrogens is 2. The number of halogens is 1. The maximum atomic E-state index is 8.97. The van der Waals surface area contributed by atoms with E-state index < -0.39 is 0 Å². The summed E-state index contributed by atoms with van der Waals surface area (Å²) in [5.74, 6) is 0.618. The highest BCUT2D eigenvalue weighted by Gasteiger charge is 2.06. The highest BCUT2D eigenvalue weighted by molar-refractivity contribution is 9.10. The van der Waals surface area contributed by atoms with Crippen LogP contribution in [0, 0.1) is 22.7 Å². The van der Waals surface area contributed by atoms with Crippen molar-refractivity contribution in [3.05, 3.63) is 46.3 Å². The zero-order valence-corrected chi connectivity index (χ0v) is 10.5. The first-order valence-corrected chi connectivity index (χ1v) is 5.62. The van der Waals surface area contributed by atoms with Crippen molar-refractivity contribution < 1.29 is 4.74 Å². The van der Waals surface area contributed by atoms with E-state index in [0.29, 0.717) is 11.3 Å². The summed E-state index contributed by atoms with van der Waals surface area (Å²) < 4.78 is 6.22. The van der Waals surface area contributed by atoms with E-state index in [1.807, 2.05) is 12.1 Å². The molecule has 0 N–H and O–H groups in total. The summed E-state index contributed by atoms with van der Waals surface area (Å²) in [6.07, 6.45) is 2.64. The minimum Gasteiger partial charge on any atom is -0.436 e. The lowest BCUT2D eigenvalue weighted by atomic mass is 10.2. The lowest BCUT2D eigenvalue weighted by Gasteiger charge is -2.05. The molecule has 0 aliphatic heterocycles. The second-order valence-electron chi connectivity index (χ2n) is 3.21. The fraction of sp³-hybridized carbons (Fsp3) is 0. The highest BCUT2D eigenvalue weighted by Crippen LogP contribution is 2.26. The highest BCUT2D eigenvalue weighted by atomic mass is 79.9. The van der Waals surface area contributed by atoms with Gasteiger partial charge in [-0.2, -0.15) is 10.5 Å². The van der Waals surface area contributed by atoms with Gasteiger partial charge < -0.3 is 4.74 Å². The van der Waals surface area contributed by atoms with Crippen molar-refractivity contribution in [2.45, 2.75) is 0 Å². The molecule has 0 unspecified atom stereocenters. The Bertz CT molecular complexity index is 655. The minimum atomic E-state index is 0.207. The van der Waals surface area contributed by atoms with Crippen LogP contribution >= 0.6 is 15.9 Å². The van der Waals surface area contributed by atoms with Crippen molar-refractivity contribution in [1.29, 1.82) is 10.5 Å². The molecule has 0 spiro atoms. The molecule has 0 bridgehead atoms. The molecular weight excluding hydrogens is 296 g/mol. The van der Waals surface area contributed by atoms with Crippen LogP contribution in [0.1, 0.15) is 11.3 Å². The van der Waals surface area contributed by atoms with Crippen LogP contribution in [0.3, 0.4) is 0 Å². The van der Waals surface area contributed by atoms with Gasteiger partial charge in [-0.3, -0.25) is 0 Å². The van der Waals surface area contributed by atoms with Gasteiger partial charge in [-0.1, -0.05) is 15.9 Å². The SMILES string of the molecule is N#Cc1cnc(Oc2ccc(Br)cc2C#N)cn1. The molecule has 0 amide bonds. The summed E-state index contributed by atoms with van der Waals surface area (Å²) in [6, 6.07) is 8.94. The number of hydrogen-bond donors (Lipinski definition) is 0. The standard InChI is InChI=1S/C12H5BrN4O/c13-9-1-2-11(8(3-9)4-14)18-12-7-16-10(5-15)6-17-12/h1-3,6-7H. The molecule has 86 valence electrons. The Kier molecular flexibility index (Phi) is 3.52. The molecule has 2 rings (SSSR count). The monoisotopic (exact) mass is 300 g/mol. The largest absolute Gasteiger partial charge is 0.436 e.